The number of rotatable bonds is 8. The first-order chi connectivity index (χ1) is 14.3. The minimum atomic E-state index is -0.224. The highest BCUT2D eigenvalue weighted by molar-refractivity contribution is 14.1. The van der Waals surface area contributed by atoms with E-state index in [4.69, 9.17) is 2.51 Å². The van der Waals surface area contributed by atoms with Crippen LogP contribution in [0.3, 0.4) is 0 Å². The lowest BCUT2D eigenvalue weighted by molar-refractivity contribution is -0.116. The van der Waals surface area contributed by atoms with Gasteiger partial charge >= 0.3 is 0 Å². The van der Waals surface area contributed by atoms with E-state index in [-0.39, 0.29) is 24.6 Å². The summed E-state index contributed by atoms with van der Waals surface area (Å²) in [5.41, 5.74) is 3.00. The molecule has 2 aromatic heterocycles. The lowest BCUT2D eigenvalue weighted by Gasteiger charge is -2.17. The third-order valence-corrected chi connectivity index (χ3v) is 6.36. The van der Waals surface area contributed by atoms with Gasteiger partial charge in [0.25, 0.3) is 5.56 Å². The molecule has 1 amide bonds. The molecular formula is C19H21IN4O4S2. The van der Waals surface area contributed by atoms with E-state index in [1.165, 1.54) is 22.6 Å². The molecule has 0 aliphatic rings. The van der Waals surface area contributed by atoms with Crippen molar-refractivity contribution >= 4 is 69.7 Å². The van der Waals surface area contributed by atoms with Crippen LogP contribution in [-0.2, 0) is 21.0 Å². The maximum atomic E-state index is 12.4. The van der Waals surface area contributed by atoms with Gasteiger partial charge in [0, 0.05) is 35.3 Å². The molecule has 2 N–H and O–H groups in total. The second-order valence-electron chi connectivity index (χ2n) is 6.72. The predicted octanol–water partition coefficient (Wildman–Crippen LogP) is 3.50. The summed E-state index contributed by atoms with van der Waals surface area (Å²) >= 11 is 4.35. The number of anilines is 1. The van der Waals surface area contributed by atoms with Crippen LogP contribution in [0.1, 0.15) is 11.3 Å². The van der Waals surface area contributed by atoms with Gasteiger partial charge in [-0.1, -0.05) is 0 Å². The third kappa shape index (κ3) is 5.39. The van der Waals surface area contributed by atoms with Crippen LogP contribution < -0.4 is 10.9 Å². The van der Waals surface area contributed by atoms with Crippen molar-refractivity contribution in [2.24, 2.45) is 7.05 Å². The van der Waals surface area contributed by atoms with Crippen molar-refractivity contribution in [1.82, 2.24) is 12.8 Å². The Hall–Kier alpha value is -1.51. The van der Waals surface area contributed by atoms with Gasteiger partial charge in [-0.3, -0.25) is 13.6 Å². The van der Waals surface area contributed by atoms with Gasteiger partial charge in [0.15, 0.2) is 0 Å². The number of benzene rings is 1. The van der Waals surface area contributed by atoms with Crippen molar-refractivity contribution in [3.8, 4) is 0 Å². The van der Waals surface area contributed by atoms with Crippen molar-refractivity contribution in [1.29, 1.82) is 0 Å². The van der Waals surface area contributed by atoms with Crippen LogP contribution in [0.15, 0.2) is 46.2 Å². The molecule has 0 saturated heterocycles. The lowest BCUT2D eigenvalue weighted by atomic mass is 10.2. The quantitative estimate of drug-likeness (QED) is 0.248. The fourth-order valence-electron chi connectivity index (χ4n) is 3.00. The normalized spacial score (nSPS) is 11.4. The Morgan fingerprint density at radius 2 is 2.10 bits per heavy atom. The molecule has 0 fully saturated rings. The summed E-state index contributed by atoms with van der Waals surface area (Å²) < 4.78 is 10.3. The van der Waals surface area contributed by atoms with Crippen molar-refractivity contribution < 1.29 is 12.4 Å². The van der Waals surface area contributed by atoms with Crippen molar-refractivity contribution in [3.05, 3.63) is 58.1 Å². The van der Waals surface area contributed by atoms with Gasteiger partial charge in [0.05, 0.1) is 24.4 Å². The molecule has 11 heteroatoms. The smallest absolute Gasteiger partial charge is 0.252 e. The van der Waals surface area contributed by atoms with Crippen molar-refractivity contribution in [2.45, 2.75) is 18.4 Å². The lowest BCUT2D eigenvalue weighted by Crippen LogP contribution is -2.26. The molecule has 8 nitrogen and oxygen atoms in total. The van der Waals surface area contributed by atoms with E-state index < -0.39 is 0 Å². The summed E-state index contributed by atoms with van der Waals surface area (Å²) in [5, 5.41) is 13.4. The molecule has 30 heavy (non-hydrogen) atoms. The monoisotopic (exact) mass is 560 g/mol. The molecule has 0 radical (unpaired) electrons. The van der Waals surface area contributed by atoms with Crippen LogP contribution in [0.4, 0.5) is 5.69 Å². The maximum Gasteiger partial charge on any atom is 0.252 e. The second kappa shape index (κ2) is 10.2. The number of nitrogens with zero attached hydrogens (tertiary/aromatic N) is 3. The van der Waals surface area contributed by atoms with Gasteiger partial charge in [-0.25, -0.2) is 6.82 Å². The number of aliphatic hydroxyl groups is 1. The highest BCUT2D eigenvalue weighted by Gasteiger charge is 2.17. The first kappa shape index (κ1) is 23.2. The first-order valence-electron chi connectivity index (χ1n) is 8.89. The Kier molecular flexibility index (Phi) is 7.87. The zero-order chi connectivity index (χ0) is 21.8. The molecule has 0 atom stereocenters. The largest absolute Gasteiger partial charge is 0.390 e. The minimum Gasteiger partial charge on any atom is -0.390 e. The van der Waals surface area contributed by atoms with E-state index in [1.54, 1.807) is 42.3 Å². The van der Waals surface area contributed by atoms with Gasteiger partial charge < -0.3 is 15.0 Å². The average Bonchev–Trinajstić information content (AvgIpc) is 3.02. The summed E-state index contributed by atoms with van der Waals surface area (Å²) in [4.78, 5) is 25.1. The topological polar surface area (TPSA) is 88.7 Å². The number of hydrogen-bond donors (Lipinski definition) is 2. The van der Waals surface area contributed by atoms with Crippen LogP contribution in [0.2, 0.25) is 0 Å². The van der Waals surface area contributed by atoms with Crippen molar-refractivity contribution in [3.63, 3.8) is 0 Å². The number of amides is 1. The van der Waals surface area contributed by atoms with Gasteiger partial charge in [0.2, 0.25) is 5.91 Å². The molecule has 0 spiro atoms. The van der Waals surface area contributed by atoms with E-state index in [0.29, 0.717) is 5.69 Å². The number of aromatic nitrogens is 2. The van der Waals surface area contributed by atoms with Crippen LogP contribution >= 0.6 is 47.2 Å². The summed E-state index contributed by atoms with van der Waals surface area (Å²) in [6.07, 6.45) is 1.61. The van der Waals surface area contributed by atoms with Gasteiger partial charge in [-0.05, 0) is 55.7 Å². The van der Waals surface area contributed by atoms with Crippen LogP contribution in [0.5, 0.6) is 0 Å². The average molecular weight is 560 g/mol. The molecule has 160 valence electrons. The Balaban J connectivity index is 1.79. The Morgan fingerprint density at radius 1 is 1.33 bits per heavy atom. The fraction of sp³-hybridized carbons (Fsp3) is 0.263. The van der Waals surface area contributed by atoms with Crippen molar-refractivity contribution in [2.75, 3.05) is 18.9 Å². The van der Waals surface area contributed by atoms with E-state index in [0.717, 1.165) is 39.3 Å². The number of pyridine rings is 1. The Morgan fingerprint density at radius 3 is 2.77 bits per heavy atom. The second-order valence-corrected chi connectivity index (χ2v) is 9.68. The van der Waals surface area contributed by atoms with E-state index >= 15 is 0 Å². The van der Waals surface area contributed by atoms with E-state index in [1.807, 2.05) is 40.4 Å². The molecule has 0 unspecified atom stereocenters. The molecular weight excluding hydrogens is 539 g/mol. The third-order valence-electron chi connectivity index (χ3n) is 4.31. The number of hydrogen-bond acceptors (Lipinski definition) is 7. The summed E-state index contributed by atoms with van der Waals surface area (Å²) in [5.74, 6) is -0.224. The number of likely N-dealkylation sites (N-methyl/N-ethyl adjacent to an activating group) is 1. The predicted molar refractivity (Wildman–Crippen MR) is 129 cm³/mol. The highest BCUT2D eigenvalue weighted by atomic mass is 127. The molecule has 0 bridgehead atoms. The van der Waals surface area contributed by atoms with Gasteiger partial charge in [-0.15, -0.1) is 0 Å². The first-order valence-corrected chi connectivity index (χ1v) is 11.2. The Labute approximate surface area is 196 Å². The number of halogens is 1. The highest BCUT2D eigenvalue weighted by Crippen LogP contribution is 2.36. The van der Waals surface area contributed by atoms with Gasteiger partial charge in [0.1, 0.15) is 35.2 Å². The minimum absolute atomic E-state index is 0.111. The maximum absolute atomic E-state index is 12.4. The number of carbonyl (C=O) groups is 1. The number of fused-ring (bicyclic) bond motifs is 1. The molecule has 0 aliphatic heterocycles. The molecule has 1 aromatic carbocycles. The summed E-state index contributed by atoms with van der Waals surface area (Å²) in [6, 6.07) is 9.08. The van der Waals surface area contributed by atoms with Crippen LogP contribution in [-0.4, -0.2) is 37.5 Å². The number of nitrogens with one attached hydrogen (secondary N) is 1. The number of aryl methyl sites for hydroxylation is 2. The number of aliphatic hydroxyl groups excluding tert-OH is 1. The standard InChI is InChI=1S/C19H21IN4O4S2/c1-12-6-13-8-15(11-25)24(30-28-20)19(13)16(7-12)29-23(3)10-17(26)21-14-4-5-22(2)18(27)9-14/h4-9,25H,10-11H2,1-3H3,(H,21,26). The van der Waals surface area contributed by atoms with E-state index in [2.05, 4.69) is 5.32 Å². The summed E-state index contributed by atoms with van der Waals surface area (Å²) in [7, 11) is 3.48. The zero-order valence-corrected chi connectivity index (χ0v) is 20.4. The van der Waals surface area contributed by atoms with E-state index in [9.17, 15) is 14.7 Å². The van der Waals surface area contributed by atoms with Crippen LogP contribution in [0, 0.1) is 6.92 Å². The molecule has 0 aliphatic carbocycles. The van der Waals surface area contributed by atoms with Crippen LogP contribution in [0.25, 0.3) is 10.9 Å². The SMILES string of the molecule is Cc1cc(SN(C)CC(=O)Nc2ccn(C)c(=O)c2)c2c(c1)cc(CO)n2SOI. The Bertz CT molecular complexity index is 1130. The molecule has 3 aromatic rings. The van der Waals surface area contributed by atoms with Gasteiger partial charge in [-0.2, -0.15) is 0 Å². The molecule has 0 saturated carbocycles. The molecule has 2 heterocycles. The fourth-order valence-corrected chi connectivity index (χ4v) is 5.14. The number of carbonyl (C=O) groups excluding carboxylic acids is 1. The summed E-state index contributed by atoms with van der Waals surface area (Å²) in [6.45, 7) is 2.02. The zero-order valence-electron chi connectivity index (χ0n) is 16.6. The molecule has 3 rings (SSSR count).